The summed E-state index contributed by atoms with van der Waals surface area (Å²) < 4.78 is 2.02. The SMILES string of the molecule is O=C(c1cc(Br)ccc1I)N(CC1CC1)C1CC1. The fourth-order valence-corrected chi connectivity index (χ4v) is 3.11. The van der Waals surface area contributed by atoms with Crippen LogP contribution in [-0.2, 0) is 0 Å². The molecule has 96 valence electrons. The van der Waals surface area contributed by atoms with Gasteiger partial charge < -0.3 is 4.90 Å². The van der Waals surface area contributed by atoms with Crippen LogP contribution in [-0.4, -0.2) is 23.4 Å². The van der Waals surface area contributed by atoms with E-state index in [1.54, 1.807) is 0 Å². The van der Waals surface area contributed by atoms with E-state index in [4.69, 9.17) is 0 Å². The predicted molar refractivity (Wildman–Crippen MR) is 83.6 cm³/mol. The first kappa shape index (κ1) is 12.9. The number of hydrogen-bond acceptors (Lipinski definition) is 1. The van der Waals surface area contributed by atoms with Crippen LogP contribution in [0.1, 0.15) is 36.0 Å². The third-order valence-electron chi connectivity index (χ3n) is 3.56. The molecule has 4 heteroatoms. The molecule has 0 radical (unpaired) electrons. The Bertz CT molecular complexity index is 483. The van der Waals surface area contributed by atoms with E-state index in [0.717, 1.165) is 26.1 Å². The Kier molecular flexibility index (Phi) is 3.67. The number of carbonyl (C=O) groups excluding carboxylic acids is 1. The van der Waals surface area contributed by atoms with Crippen molar-refractivity contribution in [1.82, 2.24) is 4.90 Å². The predicted octanol–water partition coefficient (Wildman–Crippen LogP) is 4.07. The van der Waals surface area contributed by atoms with Crippen LogP contribution in [0.5, 0.6) is 0 Å². The Labute approximate surface area is 129 Å². The molecule has 0 spiro atoms. The van der Waals surface area contributed by atoms with Gasteiger partial charge in [-0.15, -0.1) is 0 Å². The minimum Gasteiger partial charge on any atom is -0.335 e. The van der Waals surface area contributed by atoms with Crippen molar-refractivity contribution in [2.75, 3.05) is 6.54 Å². The molecule has 18 heavy (non-hydrogen) atoms. The summed E-state index contributed by atoms with van der Waals surface area (Å²) in [5.74, 6) is 0.981. The Balaban J connectivity index is 1.83. The fraction of sp³-hybridized carbons (Fsp3) is 0.500. The number of halogens is 2. The average molecular weight is 420 g/mol. The quantitative estimate of drug-likeness (QED) is 0.673. The molecule has 3 rings (SSSR count). The van der Waals surface area contributed by atoms with Gasteiger partial charge >= 0.3 is 0 Å². The molecule has 0 heterocycles. The van der Waals surface area contributed by atoms with Crippen molar-refractivity contribution in [2.24, 2.45) is 5.92 Å². The highest BCUT2D eigenvalue weighted by Crippen LogP contribution is 2.36. The minimum atomic E-state index is 0.218. The third-order valence-corrected chi connectivity index (χ3v) is 4.99. The minimum absolute atomic E-state index is 0.218. The summed E-state index contributed by atoms with van der Waals surface area (Å²) in [7, 11) is 0. The van der Waals surface area contributed by atoms with Gasteiger partial charge in [0.15, 0.2) is 0 Å². The second-order valence-corrected chi connectivity index (χ2v) is 7.33. The number of nitrogens with zero attached hydrogens (tertiary/aromatic N) is 1. The van der Waals surface area contributed by atoms with Crippen LogP contribution in [0.4, 0.5) is 0 Å². The smallest absolute Gasteiger partial charge is 0.255 e. The molecule has 2 fully saturated rings. The topological polar surface area (TPSA) is 20.3 Å². The van der Waals surface area contributed by atoms with Crippen LogP contribution in [0.3, 0.4) is 0 Å². The van der Waals surface area contributed by atoms with E-state index in [0.29, 0.717) is 6.04 Å². The highest BCUT2D eigenvalue weighted by molar-refractivity contribution is 14.1. The van der Waals surface area contributed by atoms with Gasteiger partial charge in [0, 0.05) is 20.6 Å². The summed E-state index contributed by atoms with van der Waals surface area (Å²) in [6.07, 6.45) is 4.96. The second kappa shape index (κ2) is 5.12. The van der Waals surface area contributed by atoms with Gasteiger partial charge in [-0.25, -0.2) is 0 Å². The summed E-state index contributed by atoms with van der Waals surface area (Å²) in [6, 6.07) is 6.45. The van der Waals surface area contributed by atoms with Crippen molar-refractivity contribution < 1.29 is 4.79 Å². The van der Waals surface area contributed by atoms with E-state index < -0.39 is 0 Å². The van der Waals surface area contributed by atoms with Gasteiger partial charge in [-0.1, -0.05) is 15.9 Å². The molecule has 0 aromatic heterocycles. The molecule has 2 aliphatic carbocycles. The van der Waals surface area contributed by atoms with Gasteiger partial charge in [-0.05, 0) is 72.4 Å². The van der Waals surface area contributed by atoms with Crippen LogP contribution < -0.4 is 0 Å². The van der Waals surface area contributed by atoms with Crippen molar-refractivity contribution in [3.05, 3.63) is 31.8 Å². The van der Waals surface area contributed by atoms with E-state index in [1.807, 2.05) is 18.2 Å². The zero-order valence-corrected chi connectivity index (χ0v) is 13.8. The van der Waals surface area contributed by atoms with E-state index in [-0.39, 0.29) is 5.91 Å². The summed E-state index contributed by atoms with van der Waals surface area (Å²) >= 11 is 5.71. The van der Waals surface area contributed by atoms with E-state index in [2.05, 4.69) is 43.4 Å². The largest absolute Gasteiger partial charge is 0.335 e. The lowest BCUT2D eigenvalue weighted by atomic mass is 10.2. The lowest BCUT2D eigenvalue weighted by Crippen LogP contribution is -2.35. The standard InChI is InChI=1S/C14H15BrINO/c15-10-3-6-13(16)12(7-10)14(18)17(11-4-5-11)8-9-1-2-9/h3,6-7,9,11H,1-2,4-5,8H2. The lowest BCUT2D eigenvalue weighted by molar-refractivity contribution is 0.0733. The van der Waals surface area contributed by atoms with Crippen molar-refractivity contribution in [1.29, 1.82) is 0 Å². The van der Waals surface area contributed by atoms with Gasteiger partial charge in [0.25, 0.3) is 5.91 Å². The van der Waals surface area contributed by atoms with Crippen molar-refractivity contribution >= 4 is 44.4 Å². The third kappa shape index (κ3) is 2.90. The Hall–Kier alpha value is -0.100. The maximum absolute atomic E-state index is 12.7. The highest BCUT2D eigenvalue weighted by Gasteiger charge is 2.37. The summed E-state index contributed by atoms with van der Waals surface area (Å²) in [5.41, 5.74) is 0.845. The number of carbonyl (C=O) groups is 1. The first-order valence-electron chi connectivity index (χ1n) is 6.41. The Morgan fingerprint density at radius 1 is 1.33 bits per heavy atom. The van der Waals surface area contributed by atoms with E-state index in [9.17, 15) is 4.79 Å². The number of hydrogen-bond donors (Lipinski definition) is 0. The zero-order valence-electron chi connectivity index (χ0n) is 10.0. The normalized spacial score (nSPS) is 18.8. The summed E-state index contributed by atoms with van der Waals surface area (Å²) in [5, 5.41) is 0. The molecular weight excluding hydrogens is 405 g/mol. The maximum Gasteiger partial charge on any atom is 0.255 e. The molecule has 2 nitrogen and oxygen atoms in total. The van der Waals surface area contributed by atoms with Crippen LogP contribution in [0.2, 0.25) is 0 Å². The molecule has 1 amide bonds. The molecule has 0 aliphatic heterocycles. The van der Waals surface area contributed by atoms with Gasteiger partial charge in [0.1, 0.15) is 0 Å². The van der Waals surface area contributed by atoms with Crippen LogP contribution in [0.15, 0.2) is 22.7 Å². The summed E-state index contributed by atoms with van der Waals surface area (Å²) in [6.45, 7) is 0.964. The Morgan fingerprint density at radius 2 is 2.06 bits per heavy atom. The van der Waals surface area contributed by atoms with Gasteiger partial charge in [0.05, 0.1) is 5.56 Å². The van der Waals surface area contributed by atoms with Gasteiger partial charge in [-0.2, -0.15) is 0 Å². The first-order chi connectivity index (χ1) is 8.65. The lowest BCUT2D eigenvalue weighted by Gasteiger charge is -2.23. The molecular formula is C14H15BrINO. The Morgan fingerprint density at radius 3 is 2.67 bits per heavy atom. The van der Waals surface area contributed by atoms with Crippen LogP contribution in [0.25, 0.3) is 0 Å². The number of benzene rings is 1. The molecule has 0 atom stereocenters. The average Bonchev–Trinajstić information content (AvgIpc) is 3.21. The molecule has 0 N–H and O–H groups in total. The molecule has 1 aromatic carbocycles. The van der Waals surface area contributed by atoms with Gasteiger partial charge in [-0.3, -0.25) is 4.79 Å². The molecule has 2 aliphatic rings. The second-order valence-electron chi connectivity index (χ2n) is 5.26. The maximum atomic E-state index is 12.7. The highest BCUT2D eigenvalue weighted by atomic mass is 127. The number of amides is 1. The van der Waals surface area contributed by atoms with Crippen molar-refractivity contribution in [2.45, 2.75) is 31.7 Å². The van der Waals surface area contributed by atoms with E-state index in [1.165, 1.54) is 25.7 Å². The van der Waals surface area contributed by atoms with Crippen LogP contribution >= 0.6 is 38.5 Å². The first-order valence-corrected chi connectivity index (χ1v) is 8.28. The summed E-state index contributed by atoms with van der Waals surface area (Å²) in [4.78, 5) is 14.8. The van der Waals surface area contributed by atoms with E-state index >= 15 is 0 Å². The van der Waals surface area contributed by atoms with Crippen molar-refractivity contribution in [3.63, 3.8) is 0 Å². The molecule has 0 saturated heterocycles. The zero-order chi connectivity index (χ0) is 12.7. The van der Waals surface area contributed by atoms with Gasteiger partial charge in [0.2, 0.25) is 0 Å². The molecule has 0 bridgehead atoms. The monoisotopic (exact) mass is 419 g/mol. The molecule has 2 saturated carbocycles. The molecule has 0 unspecified atom stereocenters. The van der Waals surface area contributed by atoms with Crippen molar-refractivity contribution in [3.8, 4) is 0 Å². The van der Waals surface area contributed by atoms with Crippen LogP contribution in [0, 0.1) is 9.49 Å². The molecule has 1 aromatic rings. The number of rotatable bonds is 4. The fourth-order valence-electron chi connectivity index (χ4n) is 2.18.